The molecule has 25 heteroatoms. The number of ketones is 1. The van der Waals surface area contributed by atoms with Crippen LogP contribution >= 0.6 is 0 Å². The van der Waals surface area contributed by atoms with E-state index < -0.39 is 46.8 Å². The molecule has 0 aromatic heterocycles. The first-order chi connectivity index (χ1) is 42.7. The van der Waals surface area contributed by atoms with Gasteiger partial charge in [-0.25, -0.2) is 0 Å². The Bertz CT molecular complexity index is 4500. The summed E-state index contributed by atoms with van der Waals surface area (Å²) in [5.41, 5.74) is 10.0. The summed E-state index contributed by atoms with van der Waals surface area (Å²) in [6.07, 6.45) is 1.42. The predicted molar refractivity (Wildman–Crippen MR) is 346 cm³/mol. The van der Waals surface area contributed by atoms with Crippen LogP contribution in [0.3, 0.4) is 0 Å². The van der Waals surface area contributed by atoms with Crippen molar-refractivity contribution in [1.82, 2.24) is 0 Å². The van der Waals surface area contributed by atoms with E-state index >= 15 is 0 Å². The molecule has 0 radical (unpaired) electrons. The van der Waals surface area contributed by atoms with Gasteiger partial charge in [-0.15, -0.1) is 0 Å². The number of benzene rings is 8. The van der Waals surface area contributed by atoms with E-state index in [0.29, 0.717) is 109 Å². The average Bonchev–Trinajstić information content (AvgIpc) is 0.974. The molecule has 472 valence electrons. The molecule has 0 aliphatic heterocycles. The first-order valence-corrected chi connectivity index (χ1v) is 33.6. The molecule has 0 aliphatic rings. The summed E-state index contributed by atoms with van der Waals surface area (Å²) in [5.74, 6) is 0.322. The van der Waals surface area contributed by atoms with Crippen LogP contribution in [0.2, 0.25) is 0 Å². The third kappa shape index (κ3) is 18.7. The van der Waals surface area contributed by atoms with Gasteiger partial charge in [0.15, 0.2) is 0 Å². The van der Waals surface area contributed by atoms with Gasteiger partial charge in [0.05, 0.1) is 88.3 Å². The van der Waals surface area contributed by atoms with E-state index in [1.54, 1.807) is 48.5 Å². The number of fused-ring (bicyclic) bond motifs is 2. The molecule has 8 rings (SSSR count). The van der Waals surface area contributed by atoms with Crippen molar-refractivity contribution in [1.29, 1.82) is 0 Å². The second-order valence-corrected chi connectivity index (χ2v) is 26.2. The van der Waals surface area contributed by atoms with E-state index in [0.717, 1.165) is 45.7 Å². The summed E-state index contributed by atoms with van der Waals surface area (Å²) in [4.78, 5) is 13.7. The van der Waals surface area contributed by atoms with Crippen molar-refractivity contribution >= 4 is 103 Å². The monoisotopic (exact) mass is 1280 g/mol. The van der Waals surface area contributed by atoms with Gasteiger partial charge in [-0.1, -0.05) is 38.1 Å². The minimum Gasteiger partial charge on any atom is -0.493 e. The fourth-order valence-electron chi connectivity index (χ4n) is 9.47. The van der Waals surface area contributed by atoms with Crippen LogP contribution in [0.25, 0.3) is 21.5 Å². The van der Waals surface area contributed by atoms with E-state index in [9.17, 15) is 39.2 Å². The van der Waals surface area contributed by atoms with E-state index in [1.165, 1.54) is 6.07 Å². The highest BCUT2D eigenvalue weighted by molar-refractivity contribution is 7.86. The molecule has 8 aromatic rings. The van der Waals surface area contributed by atoms with Crippen LogP contribution in [-0.2, 0) is 48.0 Å². The lowest BCUT2D eigenvalue weighted by Gasteiger charge is -2.15. The standard InChI is InChI=1S/C65H70N8O14S3/c1-9-20-84-62-15-11-14-46-16-18-50(35-54(46)62)66-68-56-28-44(7)58(30-42(56)5)70-72-60-38-63(85-21-10-2)48(26-40(60)3)32-52(74)33-49-27-41(4)61(39-64(49)86-22-12-24-88(75,76)77)73-71-59-31-43(6)57(29-45(59)8)69-67-51-19-17-47-34-53(90(81,82)83)37-65(55(47)36-51)87-23-13-25-89(78,79)80/h11,14-19,26-31,34-39H,9-10,12-13,20-25,32-33H2,1-8H3,(H,75,76,77)(H,78,79,80)(H,81,82,83). The van der Waals surface area contributed by atoms with Crippen LogP contribution in [0.4, 0.5) is 45.5 Å². The Balaban J connectivity index is 0.981. The summed E-state index contributed by atoms with van der Waals surface area (Å²) in [7, 11) is -13.2. The quantitative estimate of drug-likeness (QED) is 0.0223. The number of ether oxygens (including phenoxy) is 4. The number of Topliss-reactive ketones (excluding diaryl/α,β-unsaturated/α-hetero) is 1. The zero-order valence-corrected chi connectivity index (χ0v) is 53.5. The van der Waals surface area contributed by atoms with Crippen LogP contribution in [-0.4, -0.2) is 82.6 Å². The van der Waals surface area contributed by atoms with Crippen LogP contribution in [0.1, 0.15) is 84.0 Å². The molecule has 0 saturated heterocycles. The fourth-order valence-corrected chi connectivity index (χ4v) is 11.0. The van der Waals surface area contributed by atoms with E-state index in [4.69, 9.17) is 23.5 Å². The van der Waals surface area contributed by atoms with E-state index in [2.05, 4.69) is 47.8 Å². The van der Waals surface area contributed by atoms with Gasteiger partial charge in [-0.2, -0.15) is 66.2 Å². The number of hydrogen-bond donors (Lipinski definition) is 3. The summed E-state index contributed by atoms with van der Waals surface area (Å²) in [6, 6.07) is 33.4. The second-order valence-electron chi connectivity index (χ2n) is 21.7. The molecule has 0 aliphatic carbocycles. The molecule has 22 nitrogen and oxygen atoms in total. The largest absolute Gasteiger partial charge is 0.493 e. The van der Waals surface area contributed by atoms with Crippen LogP contribution in [0.15, 0.2) is 161 Å². The molecule has 0 atom stereocenters. The number of hydrogen-bond acceptors (Lipinski definition) is 19. The summed E-state index contributed by atoms with van der Waals surface area (Å²) in [6.45, 7) is 16.0. The van der Waals surface area contributed by atoms with Gasteiger partial charge in [-0.3, -0.25) is 18.5 Å². The molecular formula is C65H70N8O14S3. The van der Waals surface area contributed by atoms with Gasteiger partial charge in [0, 0.05) is 52.9 Å². The molecule has 0 bridgehead atoms. The van der Waals surface area contributed by atoms with Gasteiger partial charge in [0.2, 0.25) is 0 Å². The second kappa shape index (κ2) is 29.7. The molecule has 0 amide bonds. The fraction of sp³-hybridized carbons (Fsp3) is 0.308. The number of rotatable bonds is 29. The van der Waals surface area contributed by atoms with Gasteiger partial charge in [0.1, 0.15) is 28.8 Å². The summed E-state index contributed by atoms with van der Waals surface area (Å²) < 4.78 is 122. The third-order valence-electron chi connectivity index (χ3n) is 14.2. The first kappa shape index (κ1) is 67.2. The zero-order chi connectivity index (χ0) is 64.9. The van der Waals surface area contributed by atoms with Crippen molar-refractivity contribution in [3.8, 4) is 23.0 Å². The van der Waals surface area contributed by atoms with E-state index in [-0.39, 0.29) is 56.2 Å². The lowest BCUT2D eigenvalue weighted by atomic mass is 9.98. The highest BCUT2D eigenvalue weighted by atomic mass is 32.2. The zero-order valence-electron chi connectivity index (χ0n) is 51.1. The maximum Gasteiger partial charge on any atom is 0.294 e. The number of aryl methyl sites for hydroxylation is 6. The van der Waals surface area contributed by atoms with Gasteiger partial charge in [-0.05, 0) is 184 Å². The van der Waals surface area contributed by atoms with Gasteiger partial charge >= 0.3 is 0 Å². The molecule has 0 heterocycles. The van der Waals surface area contributed by atoms with Gasteiger partial charge in [0.25, 0.3) is 30.4 Å². The van der Waals surface area contributed by atoms with Crippen molar-refractivity contribution in [2.45, 2.75) is 98.8 Å². The smallest absolute Gasteiger partial charge is 0.294 e. The summed E-state index contributed by atoms with van der Waals surface area (Å²) in [5, 5.41) is 39.3. The number of azo groups is 4. The van der Waals surface area contributed by atoms with Crippen molar-refractivity contribution in [3.63, 3.8) is 0 Å². The molecule has 0 fully saturated rings. The normalized spacial score (nSPS) is 12.4. The Morgan fingerprint density at radius 2 is 0.778 bits per heavy atom. The number of nitrogens with zero attached hydrogens (tertiary/aromatic N) is 8. The minimum atomic E-state index is -4.63. The lowest BCUT2D eigenvalue weighted by molar-refractivity contribution is -0.117. The number of carbonyl (C=O) groups excluding carboxylic acids is 1. The highest BCUT2D eigenvalue weighted by Gasteiger charge is 2.20. The van der Waals surface area contributed by atoms with Crippen LogP contribution < -0.4 is 18.9 Å². The molecule has 0 unspecified atom stereocenters. The molecular weight excluding hydrogens is 1210 g/mol. The molecule has 90 heavy (non-hydrogen) atoms. The highest BCUT2D eigenvalue weighted by Crippen LogP contribution is 2.39. The SMILES string of the molecule is CCCOc1cc(N=Nc2cc(C)c(N=Nc3ccc4cccc(OCCC)c4c3)cc2C)c(C)cc1CC(=O)Cc1cc(C)c(N=Nc2cc(C)c(N=Nc3ccc4cc(S(=O)(=O)O)cc(OCCCS(=O)(=O)O)c4c3)cc2C)cc1OCCCS(=O)(=O)O. The minimum absolute atomic E-state index is 0.00185. The Hall–Kier alpha value is -8.72. The molecule has 0 spiro atoms. The van der Waals surface area contributed by atoms with Crippen molar-refractivity contribution < 1.29 is 62.7 Å². The third-order valence-corrected chi connectivity index (χ3v) is 16.6. The molecule has 8 aromatic carbocycles. The predicted octanol–water partition coefficient (Wildman–Crippen LogP) is 17.0. The van der Waals surface area contributed by atoms with Crippen molar-refractivity contribution in [2.75, 3.05) is 37.9 Å². The maximum atomic E-state index is 14.2. The Morgan fingerprint density at radius 1 is 0.400 bits per heavy atom. The van der Waals surface area contributed by atoms with Gasteiger partial charge < -0.3 is 18.9 Å². The average molecular weight is 1280 g/mol. The summed E-state index contributed by atoms with van der Waals surface area (Å²) >= 11 is 0. The van der Waals surface area contributed by atoms with Crippen molar-refractivity contribution in [2.24, 2.45) is 40.9 Å². The molecule has 3 N–H and O–H groups in total. The Morgan fingerprint density at radius 3 is 1.21 bits per heavy atom. The van der Waals surface area contributed by atoms with E-state index in [1.807, 2.05) is 103 Å². The van der Waals surface area contributed by atoms with Crippen LogP contribution in [0.5, 0.6) is 23.0 Å². The first-order valence-electron chi connectivity index (χ1n) is 28.9. The van der Waals surface area contributed by atoms with Crippen molar-refractivity contribution in [3.05, 3.63) is 160 Å². The Labute approximate surface area is 523 Å². The Kier molecular flexibility index (Phi) is 22.2. The number of carbonyl (C=O) groups is 1. The topological polar surface area (TPSA) is 316 Å². The van der Waals surface area contributed by atoms with Crippen LogP contribution in [0, 0.1) is 41.5 Å². The maximum absolute atomic E-state index is 14.2. The lowest BCUT2D eigenvalue weighted by Crippen LogP contribution is -2.12. The molecule has 0 saturated carbocycles.